The van der Waals surface area contributed by atoms with Crippen molar-refractivity contribution in [3.05, 3.63) is 83.4 Å². The van der Waals surface area contributed by atoms with Crippen molar-refractivity contribution in [3.63, 3.8) is 0 Å². The number of hydrogen-bond donors (Lipinski definition) is 0. The van der Waals surface area contributed by atoms with Gasteiger partial charge < -0.3 is 19.1 Å². The van der Waals surface area contributed by atoms with Gasteiger partial charge in [0.1, 0.15) is 22.9 Å². The van der Waals surface area contributed by atoms with Crippen LogP contribution in [0.5, 0.6) is 17.2 Å². The molecule has 168 valence electrons. The van der Waals surface area contributed by atoms with Crippen molar-refractivity contribution in [2.75, 3.05) is 27.6 Å². The summed E-state index contributed by atoms with van der Waals surface area (Å²) in [6.07, 6.45) is 2.05. The topological polar surface area (TPSA) is 43.3 Å². The number of aliphatic imine (C=N–C) groups is 1. The number of methoxy groups -OCH3 is 3. The van der Waals surface area contributed by atoms with Gasteiger partial charge in [-0.3, -0.25) is 0 Å². The van der Waals surface area contributed by atoms with Crippen molar-refractivity contribution < 1.29 is 14.2 Å². The first kappa shape index (κ1) is 23.5. The van der Waals surface area contributed by atoms with Gasteiger partial charge in [0.05, 0.1) is 21.3 Å². The van der Waals surface area contributed by atoms with Gasteiger partial charge in [0.2, 0.25) is 0 Å². The highest BCUT2D eigenvalue weighted by Crippen LogP contribution is 2.30. The van der Waals surface area contributed by atoms with Crippen LogP contribution < -0.4 is 14.2 Å². The van der Waals surface area contributed by atoms with E-state index < -0.39 is 0 Å². The summed E-state index contributed by atoms with van der Waals surface area (Å²) < 4.78 is 16.2. The molecular formula is C26H30N2O3S. The smallest absolute Gasteiger partial charge is 0.164 e. The lowest BCUT2D eigenvalue weighted by Gasteiger charge is -2.26. The van der Waals surface area contributed by atoms with Crippen molar-refractivity contribution in [1.29, 1.82) is 0 Å². The van der Waals surface area contributed by atoms with Crippen LogP contribution in [0, 0.1) is 6.92 Å². The number of thioether (sulfide) groups is 1. The third-order valence-corrected chi connectivity index (χ3v) is 5.78. The SMILES string of the molecule is COc1ccc(CN(Cc2ccc(OC)cc2)C(=Nc2cc(C)ccc2OC)SC)cc1. The first-order valence-electron chi connectivity index (χ1n) is 10.3. The molecule has 0 atom stereocenters. The maximum Gasteiger partial charge on any atom is 0.164 e. The largest absolute Gasteiger partial charge is 0.497 e. The van der Waals surface area contributed by atoms with E-state index in [4.69, 9.17) is 19.2 Å². The Kier molecular flexibility index (Phi) is 8.45. The van der Waals surface area contributed by atoms with Gasteiger partial charge in [0.15, 0.2) is 5.17 Å². The Balaban J connectivity index is 1.96. The molecule has 0 fully saturated rings. The molecule has 0 saturated carbocycles. The minimum atomic E-state index is 0.712. The van der Waals surface area contributed by atoms with Crippen LogP contribution in [-0.4, -0.2) is 37.7 Å². The van der Waals surface area contributed by atoms with Gasteiger partial charge in [-0.2, -0.15) is 0 Å². The summed E-state index contributed by atoms with van der Waals surface area (Å²) in [6.45, 7) is 3.48. The highest BCUT2D eigenvalue weighted by atomic mass is 32.2. The minimum Gasteiger partial charge on any atom is -0.497 e. The summed E-state index contributed by atoms with van der Waals surface area (Å²) in [4.78, 5) is 7.27. The van der Waals surface area contributed by atoms with E-state index in [0.29, 0.717) is 13.1 Å². The molecule has 32 heavy (non-hydrogen) atoms. The van der Waals surface area contributed by atoms with Gasteiger partial charge in [-0.1, -0.05) is 42.1 Å². The number of hydrogen-bond acceptors (Lipinski definition) is 5. The van der Waals surface area contributed by atoms with Crippen molar-refractivity contribution in [2.45, 2.75) is 20.0 Å². The van der Waals surface area contributed by atoms with Gasteiger partial charge in [-0.05, 0) is 66.3 Å². The third kappa shape index (κ3) is 6.20. The number of aryl methyl sites for hydroxylation is 1. The lowest BCUT2D eigenvalue weighted by Crippen LogP contribution is -2.27. The molecule has 0 heterocycles. The first-order chi connectivity index (χ1) is 15.6. The van der Waals surface area contributed by atoms with E-state index in [0.717, 1.165) is 33.7 Å². The van der Waals surface area contributed by atoms with Crippen LogP contribution in [0.1, 0.15) is 16.7 Å². The number of amidine groups is 1. The molecule has 0 aromatic heterocycles. The van der Waals surface area contributed by atoms with Crippen LogP contribution in [-0.2, 0) is 13.1 Å². The Morgan fingerprint density at radius 2 is 1.31 bits per heavy atom. The molecule has 0 bridgehead atoms. The Hall–Kier alpha value is -3.12. The van der Waals surface area contributed by atoms with E-state index in [1.807, 2.05) is 42.5 Å². The molecule has 3 rings (SSSR count). The van der Waals surface area contributed by atoms with E-state index >= 15 is 0 Å². The lowest BCUT2D eigenvalue weighted by molar-refractivity contribution is 0.404. The molecule has 0 amide bonds. The summed E-state index contributed by atoms with van der Waals surface area (Å²) in [6, 6.07) is 22.3. The molecule has 0 N–H and O–H groups in total. The van der Waals surface area contributed by atoms with E-state index in [1.165, 1.54) is 11.1 Å². The molecule has 5 nitrogen and oxygen atoms in total. The predicted molar refractivity (Wildman–Crippen MR) is 134 cm³/mol. The normalized spacial score (nSPS) is 11.2. The first-order valence-corrected chi connectivity index (χ1v) is 11.6. The Morgan fingerprint density at radius 3 is 1.75 bits per heavy atom. The molecule has 3 aromatic rings. The summed E-state index contributed by atoms with van der Waals surface area (Å²) in [5, 5.41) is 0.917. The lowest BCUT2D eigenvalue weighted by atomic mass is 10.1. The fourth-order valence-electron chi connectivity index (χ4n) is 3.33. The fraction of sp³-hybridized carbons (Fsp3) is 0.269. The monoisotopic (exact) mass is 450 g/mol. The molecule has 0 saturated heterocycles. The molecule has 6 heteroatoms. The quantitative estimate of drug-likeness (QED) is 0.308. The third-order valence-electron chi connectivity index (χ3n) is 5.07. The summed E-state index contributed by atoms with van der Waals surface area (Å²) in [7, 11) is 5.03. The Morgan fingerprint density at radius 1 is 0.781 bits per heavy atom. The van der Waals surface area contributed by atoms with Gasteiger partial charge in [0, 0.05) is 13.1 Å². The average molecular weight is 451 g/mol. The number of nitrogens with zero attached hydrogens (tertiary/aromatic N) is 2. The molecular weight excluding hydrogens is 420 g/mol. The molecule has 0 aliphatic heterocycles. The van der Waals surface area contributed by atoms with Gasteiger partial charge >= 0.3 is 0 Å². The molecule has 0 aliphatic carbocycles. The van der Waals surface area contributed by atoms with Crippen LogP contribution in [0.3, 0.4) is 0 Å². The zero-order chi connectivity index (χ0) is 22.9. The predicted octanol–water partition coefficient (Wildman–Crippen LogP) is 6.07. The van der Waals surface area contributed by atoms with E-state index in [-0.39, 0.29) is 0 Å². The summed E-state index contributed by atoms with van der Waals surface area (Å²) in [5.74, 6) is 2.45. The van der Waals surface area contributed by atoms with Crippen molar-refractivity contribution in [1.82, 2.24) is 4.90 Å². The summed E-state index contributed by atoms with van der Waals surface area (Å²) >= 11 is 1.62. The second-order valence-corrected chi connectivity index (χ2v) is 8.10. The van der Waals surface area contributed by atoms with Crippen LogP contribution in [0.25, 0.3) is 0 Å². The zero-order valence-corrected chi connectivity index (χ0v) is 20.1. The van der Waals surface area contributed by atoms with E-state index in [9.17, 15) is 0 Å². The maximum atomic E-state index is 5.55. The zero-order valence-electron chi connectivity index (χ0n) is 19.3. The molecule has 0 spiro atoms. The van der Waals surface area contributed by atoms with Crippen molar-refractivity contribution in [2.24, 2.45) is 4.99 Å². The van der Waals surface area contributed by atoms with Gasteiger partial charge in [-0.25, -0.2) is 4.99 Å². The molecule has 0 unspecified atom stereocenters. The molecule has 0 radical (unpaired) electrons. The van der Waals surface area contributed by atoms with Crippen LogP contribution in [0.2, 0.25) is 0 Å². The number of ether oxygens (including phenoxy) is 3. The van der Waals surface area contributed by atoms with E-state index in [1.54, 1.807) is 33.1 Å². The second-order valence-electron chi connectivity index (χ2n) is 7.33. The van der Waals surface area contributed by atoms with Crippen LogP contribution in [0.4, 0.5) is 5.69 Å². The van der Waals surface area contributed by atoms with Crippen molar-refractivity contribution >= 4 is 22.6 Å². The fourth-order valence-corrected chi connectivity index (χ4v) is 3.91. The number of rotatable bonds is 8. The maximum absolute atomic E-state index is 5.55. The minimum absolute atomic E-state index is 0.712. The standard InChI is InChI=1S/C26H30N2O3S/c1-19-6-15-25(31-4)24(16-19)27-26(32-5)28(17-20-7-11-22(29-2)12-8-20)18-21-9-13-23(30-3)14-10-21/h6-16H,17-18H2,1-5H3. The van der Waals surface area contributed by atoms with Crippen molar-refractivity contribution in [3.8, 4) is 17.2 Å². The molecule has 3 aromatic carbocycles. The summed E-state index contributed by atoms with van der Waals surface area (Å²) in [5.41, 5.74) is 4.32. The van der Waals surface area contributed by atoms with Crippen LogP contribution in [0.15, 0.2) is 71.7 Å². The Bertz CT molecular complexity index is 984. The molecule has 0 aliphatic rings. The van der Waals surface area contributed by atoms with E-state index in [2.05, 4.69) is 42.3 Å². The average Bonchev–Trinajstić information content (AvgIpc) is 2.83. The van der Waals surface area contributed by atoms with Gasteiger partial charge in [-0.15, -0.1) is 0 Å². The highest BCUT2D eigenvalue weighted by Gasteiger charge is 2.15. The van der Waals surface area contributed by atoms with Gasteiger partial charge in [0.25, 0.3) is 0 Å². The second kappa shape index (κ2) is 11.5. The van der Waals surface area contributed by atoms with Crippen LogP contribution >= 0.6 is 11.8 Å². The highest BCUT2D eigenvalue weighted by molar-refractivity contribution is 8.13. The Labute approximate surface area is 195 Å². The number of benzene rings is 3.